The molecule has 50 valence electrons. The zero-order chi connectivity index (χ0) is 6.99. The highest BCUT2D eigenvalue weighted by Crippen LogP contribution is 1.71. The third-order valence-electron chi connectivity index (χ3n) is 0.478. The number of nitrogens with one attached hydrogen (secondary N) is 1. The average molecular weight is 117 g/mol. The van der Waals surface area contributed by atoms with Crippen LogP contribution in [0.25, 0.3) is 0 Å². The van der Waals surface area contributed by atoms with Crippen molar-refractivity contribution in [3.05, 3.63) is 11.9 Å². The fraction of sp³-hybridized carbons (Fsp3) is 0.600. The number of hydrogen-bond acceptors (Lipinski definition) is 3. The van der Waals surface area contributed by atoms with Crippen LogP contribution in [0, 0.1) is 0 Å². The molecule has 3 heteroatoms. The van der Waals surface area contributed by atoms with E-state index < -0.39 is 0 Å². The van der Waals surface area contributed by atoms with Crippen molar-refractivity contribution in [2.45, 2.75) is 20.8 Å². The smallest absolute Gasteiger partial charge is 0.0382 e. The summed E-state index contributed by atoms with van der Waals surface area (Å²) in [4.78, 5) is 0. The van der Waals surface area contributed by atoms with Gasteiger partial charge in [0.05, 0.1) is 0 Å². The topological polar surface area (TPSA) is 64.1 Å². The van der Waals surface area contributed by atoms with Crippen LogP contribution in [0.4, 0.5) is 0 Å². The van der Waals surface area contributed by atoms with Gasteiger partial charge in [0.1, 0.15) is 0 Å². The first kappa shape index (κ1) is 10.3. The first-order valence-electron chi connectivity index (χ1n) is 2.66. The van der Waals surface area contributed by atoms with E-state index in [1.807, 2.05) is 13.8 Å². The molecule has 8 heavy (non-hydrogen) atoms. The Morgan fingerprint density at radius 1 is 1.50 bits per heavy atom. The van der Waals surface area contributed by atoms with E-state index in [1.165, 1.54) is 6.20 Å². The molecule has 0 saturated heterocycles. The average Bonchev–Trinajstić information content (AvgIpc) is 1.91. The van der Waals surface area contributed by atoms with Gasteiger partial charge in [0.15, 0.2) is 0 Å². The minimum atomic E-state index is 0.773. The SMILES string of the molecule is C/C(=C/N)NN.CC. The van der Waals surface area contributed by atoms with Gasteiger partial charge in [-0.1, -0.05) is 13.8 Å². The predicted octanol–water partition coefficient (Wildman–Crippen LogP) is 0.296. The summed E-state index contributed by atoms with van der Waals surface area (Å²) in [6, 6.07) is 0. The van der Waals surface area contributed by atoms with Crippen LogP contribution in [0.5, 0.6) is 0 Å². The lowest BCUT2D eigenvalue weighted by molar-refractivity contribution is 0.880. The Balaban J connectivity index is 0. The van der Waals surface area contributed by atoms with Gasteiger partial charge in [-0.3, -0.25) is 5.84 Å². The van der Waals surface area contributed by atoms with Crippen LogP contribution >= 0.6 is 0 Å². The fourth-order valence-electron chi connectivity index (χ4n) is 0.0481. The molecule has 0 aliphatic heterocycles. The molecule has 0 atom stereocenters. The van der Waals surface area contributed by atoms with Gasteiger partial charge < -0.3 is 11.2 Å². The Hall–Kier alpha value is -0.700. The van der Waals surface area contributed by atoms with E-state index in [2.05, 4.69) is 5.43 Å². The lowest BCUT2D eigenvalue weighted by Crippen LogP contribution is -2.19. The molecule has 0 aromatic heterocycles. The second kappa shape index (κ2) is 9.57. The third-order valence-corrected chi connectivity index (χ3v) is 0.478. The summed E-state index contributed by atoms with van der Waals surface area (Å²) in [5.74, 6) is 4.88. The highest BCUT2D eigenvalue weighted by Gasteiger charge is 1.70. The first-order chi connectivity index (χ1) is 3.81. The molecule has 0 aromatic carbocycles. The van der Waals surface area contributed by atoms with Gasteiger partial charge in [-0.05, 0) is 6.92 Å². The molecule has 0 heterocycles. The maximum Gasteiger partial charge on any atom is 0.0382 e. The Morgan fingerprint density at radius 2 is 1.88 bits per heavy atom. The molecule has 0 spiro atoms. The van der Waals surface area contributed by atoms with E-state index in [4.69, 9.17) is 11.6 Å². The van der Waals surface area contributed by atoms with E-state index in [0.717, 1.165) is 5.70 Å². The van der Waals surface area contributed by atoms with Gasteiger partial charge >= 0.3 is 0 Å². The van der Waals surface area contributed by atoms with Crippen LogP contribution in [0.3, 0.4) is 0 Å². The molecule has 5 N–H and O–H groups in total. The van der Waals surface area contributed by atoms with Crippen molar-refractivity contribution >= 4 is 0 Å². The molecule has 0 radical (unpaired) electrons. The number of hydrogen-bond donors (Lipinski definition) is 3. The summed E-state index contributed by atoms with van der Waals surface area (Å²) < 4.78 is 0. The van der Waals surface area contributed by atoms with Crippen molar-refractivity contribution in [1.29, 1.82) is 0 Å². The standard InChI is InChI=1S/C3H9N3.C2H6/c1-3(2-4)6-5;1-2/h2,6H,4-5H2,1H3;1-2H3/b3-2-;. The van der Waals surface area contributed by atoms with E-state index in [0.29, 0.717) is 0 Å². The van der Waals surface area contributed by atoms with Crippen LogP contribution < -0.4 is 17.0 Å². The monoisotopic (exact) mass is 117 g/mol. The second-order valence-electron chi connectivity index (χ2n) is 0.994. The normalized spacial score (nSPS) is 9.25. The van der Waals surface area contributed by atoms with E-state index in [9.17, 15) is 0 Å². The van der Waals surface area contributed by atoms with Crippen molar-refractivity contribution in [1.82, 2.24) is 5.43 Å². The van der Waals surface area contributed by atoms with Crippen LogP contribution in [-0.2, 0) is 0 Å². The zero-order valence-electron chi connectivity index (χ0n) is 5.73. The molecule has 0 aliphatic carbocycles. The Labute approximate surface area is 50.7 Å². The highest BCUT2D eigenvalue weighted by molar-refractivity contribution is 4.88. The molecule has 0 rings (SSSR count). The minimum absolute atomic E-state index is 0.773. The summed E-state index contributed by atoms with van der Waals surface area (Å²) in [6.45, 7) is 5.78. The molecule has 0 aliphatic rings. The van der Waals surface area contributed by atoms with E-state index in [1.54, 1.807) is 6.92 Å². The van der Waals surface area contributed by atoms with Gasteiger partial charge in [-0.2, -0.15) is 0 Å². The predicted molar refractivity (Wildman–Crippen MR) is 36.6 cm³/mol. The summed E-state index contributed by atoms with van der Waals surface area (Å²) in [6.07, 6.45) is 1.40. The maximum absolute atomic E-state index is 4.98. The van der Waals surface area contributed by atoms with E-state index >= 15 is 0 Å². The molecular weight excluding hydrogens is 102 g/mol. The Morgan fingerprint density at radius 3 is 1.88 bits per heavy atom. The van der Waals surface area contributed by atoms with Crippen molar-refractivity contribution in [2.75, 3.05) is 0 Å². The molecule has 0 saturated carbocycles. The molecule has 0 amide bonds. The Kier molecular flexibility index (Phi) is 12.3. The third kappa shape index (κ3) is 9.00. The van der Waals surface area contributed by atoms with Crippen LogP contribution in [0.2, 0.25) is 0 Å². The van der Waals surface area contributed by atoms with Gasteiger partial charge in [0.25, 0.3) is 0 Å². The quantitative estimate of drug-likeness (QED) is 0.342. The number of allylic oxidation sites excluding steroid dienone is 1. The molecule has 0 aromatic rings. The maximum atomic E-state index is 4.98. The van der Waals surface area contributed by atoms with Gasteiger partial charge in [-0.25, -0.2) is 0 Å². The molecule has 0 bridgehead atoms. The van der Waals surface area contributed by atoms with Crippen LogP contribution in [0.15, 0.2) is 11.9 Å². The van der Waals surface area contributed by atoms with Crippen LogP contribution in [0.1, 0.15) is 20.8 Å². The highest BCUT2D eigenvalue weighted by atomic mass is 15.2. The molecule has 0 unspecified atom stereocenters. The minimum Gasteiger partial charge on any atom is -0.403 e. The largest absolute Gasteiger partial charge is 0.403 e. The number of nitrogens with two attached hydrogens (primary N) is 2. The molecular formula is C5H15N3. The fourth-order valence-corrected chi connectivity index (χ4v) is 0.0481. The number of hydrazine groups is 1. The summed E-state index contributed by atoms with van der Waals surface area (Å²) >= 11 is 0. The van der Waals surface area contributed by atoms with Crippen molar-refractivity contribution in [2.24, 2.45) is 11.6 Å². The Bertz CT molecular complexity index is 58.7. The molecule has 0 fully saturated rings. The summed E-state index contributed by atoms with van der Waals surface area (Å²) in [7, 11) is 0. The van der Waals surface area contributed by atoms with Gasteiger partial charge in [0, 0.05) is 11.9 Å². The van der Waals surface area contributed by atoms with E-state index in [-0.39, 0.29) is 0 Å². The molecule has 3 nitrogen and oxygen atoms in total. The summed E-state index contributed by atoms with van der Waals surface area (Å²) in [5.41, 5.74) is 8.10. The number of rotatable bonds is 1. The zero-order valence-corrected chi connectivity index (χ0v) is 5.73. The lowest BCUT2D eigenvalue weighted by atomic mass is 10.6. The van der Waals surface area contributed by atoms with Crippen molar-refractivity contribution in [3.63, 3.8) is 0 Å². The van der Waals surface area contributed by atoms with Crippen molar-refractivity contribution in [3.8, 4) is 0 Å². The summed E-state index contributed by atoms with van der Waals surface area (Å²) in [5, 5.41) is 0. The van der Waals surface area contributed by atoms with Gasteiger partial charge in [0.2, 0.25) is 0 Å². The van der Waals surface area contributed by atoms with Crippen molar-refractivity contribution < 1.29 is 0 Å². The van der Waals surface area contributed by atoms with Crippen LogP contribution in [-0.4, -0.2) is 0 Å². The van der Waals surface area contributed by atoms with Gasteiger partial charge in [-0.15, -0.1) is 0 Å². The first-order valence-corrected chi connectivity index (χ1v) is 2.66. The lowest BCUT2D eigenvalue weighted by Gasteiger charge is -1.91. The second-order valence-corrected chi connectivity index (χ2v) is 0.994.